The minimum absolute atomic E-state index is 0.309. The summed E-state index contributed by atoms with van der Waals surface area (Å²) in [4.78, 5) is 12.3. The second-order valence-corrected chi connectivity index (χ2v) is 2.48. The van der Waals surface area contributed by atoms with Crippen molar-refractivity contribution in [2.24, 2.45) is 0 Å². The van der Waals surface area contributed by atoms with Crippen LogP contribution in [0.2, 0.25) is 0 Å². The molecule has 0 rings (SSSR count). The van der Waals surface area contributed by atoms with Crippen LogP contribution in [0, 0.1) is 0 Å². The predicted octanol–water partition coefficient (Wildman–Crippen LogP) is 2.15. The summed E-state index contributed by atoms with van der Waals surface area (Å²) >= 11 is 6.28. The number of rotatable bonds is 3. The van der Waals surface area contributed by atoms with Crippen molar-refractivity contribution in [3.63, 3.8) is 0 Å². The summed E-state index contributed by atoms with van der Waals surface area (Å²) in [6.45, 7) is 2.19. The highest BCUT2D eigenvalue weighted by Crippen LogP contribution is 2.00. The number of ether oxygens (including phenoxy) is 1. The molecule has 0 atom stereocenters. The number of hydrogen-bond donors (Lipinski definition) is 0. The average Bonchev–Trinajstić information content (AvgIpc) is 1.91. The molecule has 60 valence electrons. The molecule has 10 heavy (non-hydrogen) atoms. The highest BCUT2D eigenvalue weighted by Gasteiger charge is 2.09. The molecule has 0 saturated carbocycles. The molecule has 0 aliphatic carbocycles. The number of nitrogens with zero attached hydrogens (tertiary/aromatic N) is 1. The quantitative estimate of drug-likeness (QED) is 0.583. The van der Waals surface area contributed by atoms with Gasteiger partial charge >= 0.3 is 6.09 Å². The molecule has 0 aromatic carbocycles. The van der Waals surface area contributed by atoms with Crippen LogP contribution in [0.1, 0.15) is 6.92 Å². The maximum Gasteiger partial charge on any atom is 0.411 e. The number of halogens is 2. The normalized spacial score (nSPS) is 9.10. The summed E-state index contributed by atoms with van der Waals surface area (Å²) in [7, 11) is 0. The lowest BCUT2D eigenvalue weighted by atomic mass is 10.8. The topological polar surface area (TPSA) is 29.5 Å². The minimum Gasteiger partial charge on any atom is -0.450 e. The molecule has 0 unspecified atom stereocenters. The molecular formula is C5H9Br2NO2. The van der Waals surface area contributed by atoms with E-state index in [0.717, 1.165) is 0 Å². The Labute approximate surface area is 77.0 Å². The average molecular weight is 275 g/mol. The Hall–Kier alpha value is 0.230. The van der Waals surface area contributed by atoms with Crippen LogP contribution in [0.3, 0.4) is 0 Å². The van der Waals surface area contributed by atoms with Gasteiger partial charge in [-0.2, -0.15) is 0 Å². The van der Waals surface area contributed by atoms with E-state index < -0.39 is 0 Å². The Kier molecular flexibility index (Phi) is 6.11. The van der Waals surface area contributed by atoms with Crippen molar-refractivity contribution in [2.75, 3.05) is 17.5 Å². The minimum atomic E-state index is -0.309. The van der Waals surface area contributed by atoms with Gasteiger partial charge in [-0.25, -0.2) is 4.79 Å². The molecule has 0 aromatic heterocycles. The van der Waals surface area contributed by atoms with Gasteiger partial charge in [0.25, 0.3) is 0 Å². The number of alkyl halides is 2. The number of carbonyl (C=O) groups excluding carboxylic acids is 1. The molecular weight excluding hydrogens is 266 g/mol. The van der Waals surface area contributed by atoms with E-state index >= 15 is 0 Å². The first kappa shape index (κ1) is 10.2. The molecule has 0 aliphatic rings. The maximum atomic E-state index is 10.8. The molecule has 0 bridgehead atoms. The van der Waals surface area contributed by atoms with E-state index in [1.165, 1.54) is 4.90 Å². The summed E-state index contributed by atoms with van der Waals surface area (Å²) in [5, 5.41) is 0. The summed E-state index contributed by atoms with van der Waals surface area (Å²) in [5.74, 6) is 0. The fraction of sp³-hybridized carbons (Fsp3) is 0.800. The third-order valence-electron chi connectivity index (χ3n) is 0.815. The van der Waals surface area contributed by atoms with E-state index in [4.69, 9.17) is 4.74 Å². The zero-order valence-corrected chi connectivity index (χ0v) is 8.81. The lowest BCUT2D eigenvalue weighted by Gasteiger charge is -2.14. The molecule has 0 spiro atoms. The lowest BCUT2D eigenvalue weighted by Crippen LogP contribution is -2.28. The second kappa shape index (κ2) is 5.97. The highest BCUT2D eigenvalue weighted by atomic mass is 79.9. The largest absolute Gasteiger partial charge is 0.450 e. The summed E-state index contributed by atoms with van der Waals surface area (Å²) < 4.78 is 4.71. The molecule has 0 aliphatic heterocycles. The van der Waals surface area contributed by atoms with Crippen molar-refractivity contribution in [3.8, 4) is 0 Å². The van der Waals surface area contributed by atoms with Crippen LogP contribution in [-0.4, -0.2) is 28.5 Å². The maximum absolute atomic E-state index is 10.8. The van der Waals surface area contributed by atoms with Crippen molar-refractivity contribution in [1.29, 1.82) is 0 Å². The van der Waals surface area contributed by atoms with Crippen molar-refractivity contribution >= 4 is 38.0 Å². The van der Waals surface area contributed by atoms with Crippen LogP contribution in [0.4, 0.5) is 4.79 Å². The van der Waals surface area contributed by atoms with Crippen LogP contribution < -0.4 is 0 Å². The van der Waals surface area contributed by atoms with Gasteiger partial charge < -0.3 is 4.74 Å². The van der Waals surface area contributed by atoms with Gasteiger partial charge in [-0.3, -0.25) is 4.90 Å². The van der Waals surface area contributed by atoms with Crippen molar-refractivity contribution in [3.05, 3.63) is 0 Å². The van der Waals surface area contributed by atoms with Gasteiger partial charge in [-0.1, -0.05) is 31.9 Å². The molecule has 0 aromatic rings. The third-order valence-corrected chi connectivity index (χ3v) is 2.03. The SMILES string of the molecule is CCOC(=O)N(CBr)CBr. The number of hydrogen-bond acceptors (Lipinski definition) is 2. The van der Waals surface area contributed by atoms with Gasteiger partial charge in [0.15, 0.2) is 0 Å². The van der Waals surface area contributed by atoms with Crippen molar-refractivity contribution in [2.45, 2.75) is 6.92 Å². The van der Waals surface area contributed by atoms with Crippen LogP contribution in [-0.2, 0) is 4.74 Å². The first-order valence-electron chi connectivity index (χ1n) is 2.79. The molecule has 3 nitrogen and oxygen atoms in total. The molecule has 0 heterocycles. The molecule has 0 saturated heterocycles. The van der Waals surface area contributed by atoms with Gasteiger partial charge in [-0.15, -0.1) is 0 Å². The number of amides is 1. The van der Waals surface area contributed by atoms with Crippen LogP contribution >= 0.6 is 31.9 Å². The van der Waals surface area contributed by atoms with E-state index in [0.29, 0.717) is 17.5 Å². The Bertz CT molecular complexity index is 106. The molecule has 0 radical (unpaired) electrons. The van der Waals surface area contributed by atoms with Gasteiger partial charge in [0, 0.05) is 0 Å². The van der Waals surface area contributed by atoms with Gasteiger partial charge in [0.1, 0.15) is 0 Å². The third kappa shape index (κ3) is 3.41. The van der Waals surface area contributed by atoms with Gasteiger partial charge in [0.05, 0.1) is 17.5 Å². The smallest absolute Gasteiger partial charge is 0.411 e. The van der Waals surface area contributed by atoms with Crippen molar-refractivity contribution < 1.29 is 9.53 Å². The fourth-order valence-electron chi connectivity index (χ4n) is 0.344. The standard InChI is InChI=1S/C5H9Br2NO2/c1-2-10-5(9)8(3-6)4-7/h2-4H2,1H3. The van der Waals surface area contributed by atoms with Crippen LogP contribution in [0.5, 0.6) is 0 Å². The number of carbonyl (C=O) groups is 1. The molecule has 0 N–H and O–H groups in total. The van der Waals surface area contributed by atoms with E-state index in [1.807, 2.05) is 0 Å². The molecule has 1 amide bonds. The van der Waals surface area contributed by atoms with E-state index in [-0.39, 0.29) is 6.09 Å². The van der Waals surface area contributed by atoms with Gasteiger partial charge in [-0.05, 0) is 6.92 Å². The zero-order chi connectivity index (χ0) is 7.98. The van der Waals surface area contributed by atoms with Crippen LogP contribution in [0.15, 0.2) is 0 Å². The van der Waals surface area contributed by atoms with E-state index in [2.05, 4.69) is 31.9 Å². The Balaban J connectivity index is 3.65. The summed E-state index contributed by atoms with van der Waals surface area (Å²) in [6.07, 6.45) is -0.309. The lowest BCUT2D eigenvalue weighted by molar-refractivity contribution is 0.121. The monoisotopic (exact) mass is 273 g/mol. The molecule has 5 heteroatoms. The van der Waals surface area contributed by atoms with Crippen molar-refractivity contribution in [1.82, 2.24) is 4.90 Å². The second-order valence-electron chi connectivity index (χ2n) is 1.48. The predicted molar refractivity (Wildman–Crippen MR) is 46.4 cm³/mol. The molecule has 0 fully saturated rings. The van der Waals surface area contributed by atoms with E-state index in [9.17, 15) is 4.79 Å². The first-order valence-corrected chi connectivity index (χ1v) is 5.04. The summed E-state index contributed by atoms with van der Waals surface area (Å²) in [5.41, 5.74) is 0.966. The summed E-state index contributed by atoms with van der Waals surface area (Å²) in [6, 6.07) is 0. The first-order chi connectivity index (χ1) is 4.76. The fourth-order valence-corrected chi connectivity index (χ4v) is 1.58. The van der Waals surface area contributed by atoms with Crippen LogP contribution in [0.25, 0.3) is 0 Å². The van der Waals surface area contributed by atoms with E-state index in [1.54, 1.807) is 6.92 Å². The Morgan fingerprint density at radius 1 is 1.50 bits per heavy atom. The van der Waals surface area contributed by atoms with Gasteiger partial charge in [0.2, 0.25) is 0 Å². The highest BCUT2D eigenvalue weighted by molar-refractivity contribution is 9.09. The zero-order valence-electron chi connectivity index (χ0n) is 5.64. The Morgan fingerprint density at radius 2 is 2.00 bits per heavy atom. The Morgan fingerprint density at radius 3 is 2.30 bits per heavy atom.